The summed E-state index contributed by atoms with van der Waals surface area (Å²) in [5.41, 5.74) is 1.42. The second kappa shape index (κ2) is 8.11. The molecule has 6 nitrogen and oxygen atoms in total. The number of hydrogen-bond acceptors (Lipinski definition) is 7. The molecular weight excluding hydrogens is 372 g/mol. The zero-order chi connectivity index (χ0) is 18.5. The van der Waals surface area contributed by atoms with E-state index in [1.807, 2.05) is 30.3 Å². The number of esters is 1. The van der Waals surface area contributed by atoms with Crippen molar-refractivity contribution in [3.05, 3.63) is 62.8 Å². The Labute approximate surface area is 158 Å². The van der Waals surface area contributed by atoms with Crippen LogP contribution in [-0.2, 0) is 11.3 Å². The maximum absolute atomic E-state index is 12.3. The van der Waals surface area contributed by atoms with Crippen LogP contribution in [0.5, 0.6) is 5.75 Å². The fourth-order valence-corrected chi connectivity index (χ4v) is 3.81. The van der Waals surface area contributed by atoms with Gasteiger partial charge in [-0.05, 0) is 23.9 Å². The minimum Gasteiger partial charge on any atom is -0.495 e. The summed E-state index contributed by atoms with van der Waals surface area (Å²) in [7, 11) is 1.51. The summed E-state index contributed by atoms with van der Waals surface area (Å²) >= 11 is 2.36. The number of carbonyl (C=O) groups excluding carboxylic acids is 2. The molecule has 0 unspecified atom stereocenters. The number of ether oxygens (including phenoxy) is 2. The molecule has 0 saturated carbocycles. The van der Waals surface area contributed by atoms with Crippen LogP contribution in [0.3, 0.4) is 0 Å². The predicted octanol–water partition coefficient (Wildman–Crippen LogP) is 4.13. The van der Waals surface area contributed by atoms with Crippen LogP contribution in [0, 0.1) is 6.92 Å². The van der Waals surface area contributed by atoms with E-state index in [2.05, 4.69) is 10.3 Å². The number of nitrogens with zero attached hydrogens (tertiary/aromatic N) is 1. The highest BCUT2D eigenvalue weighted by atomic mass is 32.1. The van der Waals surface area contributed by atoms with Crippen molar-refractivity contribution in [2.45, 2.75) is 13.5 Å². The van der Waals surface area contributed by atoms with Crippen molar-refractivity contribution < 1.29 is 19.1 Å². The van der Waals surface area contributed by atoms with Crippen molar-refractivity contribution >= 4 is 39.7 Å². The molecule has 3 rings (SSSR count). The molecule has 1 amide bonds. The van der Waals surface area contributed by atoms with Gasteiger partial charge in [-0.3, -0.25) is 10.1 Å². The van der Waals surface area contributed by atoms with Gasteiger partial charge in [-0.2, -0.15) is 0 Å². The summed E-state index contributed by atoms with van der Waals surface area (Å²) in [5, 5.41) is 4.81. The van der Waals surface area contributed by atoms with Crippen molar-refractivity contribution in [1.29, 1.82) is 0 Å². The molecule has 8 heteroatoms. The average molecular weight is 388 g/mol. The molecule has 0 aliphatic rings. The van der Waals surface area contributed by atoms with Gasteiger partial charge in [0.05, 0.1) is 12.8 Å². The van der Waals surface area contributed by atoms with E-state index in [9.17, 15) is 9.59 Å². The van der Waals surface area contributed by atoms with Gasteiger partial charge >= 0.3 is 5.97 Å². The lowest BCUT2D eigenvalue weighted by Crippen LogP contribution is -2.10. The molecule has 0 aliphatic heterocycles. The SMILES string of the molecule is COc1ccsc1C(=O)Nc1nc(C)c(C(=O)OCc2ccccc2)s1. The second-order valence-corrected chi connectivity index (χ2v) is 7.18. The second-order valence-electron chi connectivity index (χ2n) is 5.27. The quantitative estimate of drug-likeness (QED) is 0.643. The number of rotatable bonds is 6. The molecule has 1 N–H and O–H groups in total. The van der Waals surface area contributed by atoms with Gasteiger partial charge in [-0.1, -0.05) is 41.7 Å². The van der Waals surface area contributed by atoms with Crippen molar-refractivity contribution in [2.75, 3.05) is 12.4 Å². The summed E-state index contributed by atoms with van der Waals surface area (Å²) in [4.78, 5) is 29.7. The lowest BCUT2D eigenvalue weighted by molar-refractivity contribution is 0.0477. The summed E-state index contributed by atoms with van der Waals surface area (Å²) in [6.45, 7) is 1.89. The first-order valence-electron chi connectivity index (χ1n) is 7.69. The van der Waals surface area contributed by atoms with Crippen LogP contribution in [0.1, 0.15) is 30.6 Å². The number of aryl methyl sites for hydroxylation is 1. The lowest BCUT2D eigenvalue weighted by Gasteiger charge is -2.03. The first-order valence-corrected chi connectivity index (χ1v) is 9.39. The highest BCUT2D eigenvalue weighted by molar-refractivity contribution is 7.18. The summed E-state index contributed by atoms with van der Waals surface area (Å²) < 4.78 is 10.5. The van der Waals surface area contributed by atoms with Gasteiger partial charge in [0.25, 0.3) is 5.91 Å². The highest BCUT2D eigenvalue weighted by Gasteiger charge is 2.20. The van der Waals surface area contributed by atoms with Crippen molar-refractivity contribution in [1.82, 2.24) is 4.98 Å². The standard InChI is InChI=1S/C18H16N2O4S2/c1-11-14(17(22)24-10-12-6-4-3-5-7-12)26-18(19-11)20-16(21)15-13(23-2)8-9-25-15/h3-9H,10H2,1-2H3,(H,19,20,21). The first kappa shape index (κ1) is 18.1. The van der Waals surface area contributed by atoms with Crippen LogP contribution in [0.25, 0.3) is 0 Å². The number of carbonyl (C=O) groups is 2. The van der Waals surface area contributed by atoms with Gasteiger partial charge in [-0.15, -0.1) is 11.3 Å². The summed E-state index contributed by atoms with van der Waals surface area (Å²) in [5.74, 6) is -0.281. The van der Waals surface area contributed by atoms with Crippen LogP contribution in [0.15, 0.2) is 41.8 Å². The van der Waals surface area contributed by atoms with Gasteiger partial charge < -0.3 is 9.47 Å². The molecule has 0 fully saturated rings. The number of thiazole rings is 1. The molecule has 0 aliphatic carbocycles. The largest absolute Gasteiger partial charge is 0.495 e. The summed E-state index contributed by atoms with van der Waals surface area (Å²) in [6.07, 6.45) is 0. The molecular formula is C18H16N2O4S2. The van der Waals surface area contributed by atoms with Crippen molar-refractivity contribution in [3.8, 4) is 5.75 Å². The number of hydrogen-bond donors (Lipinski definition) is 1. The Morgan fingerprint density at radius 2 is 1.92 bits per heavy atom. The zero-order valence-corrected chi connectivity index (χ0v) is 15.8. The molecule has 0 spiro atoms. The molecule has 1 aromatic carbocycles. The van der Waals surface area contributed by atoms with E-state index in [0.717, 1.165) is 16.9 Å². The van der Waals surface area contributed by atoms with Crippen LogP contribution < -0.4 is 10.1 Å². The van der Waals surface area contributed by atoms with Crippen LogP contribution in [0.2, 0.25) is 0 Å². The van der Waals surface area contributed by atoms with Crippen LogP contribution in [0.4, 0.5) is 5.13 Å². The van der Waals surface area contributed by atoms with Crippen molar-refractivity contribution in [2.24, 2.45) is 0 Å². The van der Waals surface area contributed by atoms with Gasteiger partial charge in [-0.25, -0.2) is 9.78 Å². The third-order valence-electron chi connectivity index (χ3n) is 3.47. The highest BCUT2D eigenvalue weighted by Crippen LogP contribution is 2.28. The number of methoxy groups -OCH3 is 1. The molecule has 2 aromatic heterocycles. The minimum absolute atomic E-state index is 0.186. The van der Waals surface area contributed by atoms with Gasteiger partial charge in [0.15, 0.2) is 5.13 Å². The van der Waals surface area contributed by atoms with E-state index in [1.165, 1.54) is 18.4 Å². The number of amides is 1. The van der Waals surface area contributed by atoms with E-state index in [1.54, 1.807) is 18.4 Å². The third-order valence-corrected chi connectivity index (χ3v) is 5.42. The molecule has 134 valence electrons. The fourth-order valence-electron chi connectivity index (χ4n) is 2.21. The van der Waals surface area contributed by atoms with E-state index < -0.39 is 5.97 Å². The van der Waals surface area contributed by atoms with E-state index in [4.69, 9.17) is 9.47 Å². The Balaban J connectivity index is 1.66. The van der Waals surface area contributed by atoms with E-state index in [-0.39, 0.29) is 12.5 Å². The molecule has 0 atom stereocenters. The summed E-state index contributed by atoms with van der Waals surface area (Å²) in [6, 6.07) is 11.1. The predicted molar refractivity (Wildman–Crippen MR) is 101 cm³/mol. The molecule has 0 saturated heterocycles. The maximum Gasteiger partial charge on any atom is 0.350 e. The van der Waals surface area contributed by atoms with Gasteiger partial charge in [0.1, 0.15) is 22.1 Å². The van der Waals surface area contributed by atoms with Crippen molar-refractivity contribution in [3.63, 3.8) is 0 Å². The van der Waals surface area contributed by atoms with Gasteiger partial charge in [0.2, 0.25) is 0 Å². The van der Waals surface area contributed by atoms with E-state index in [0.29, 0.717) is 26.3 Å². The third kappa shape index (κ3) is 4.09. The Morgan fingerprint density at radius 3 is 2.65 bits per heavy atom. The smallest absolute Gasteiger partial charge is 0.350 e. The normalized spacial score (nSPS) is 10.4. The topological polar surface area (TPSA) is 77.5 Å². The zero-order valence-electron chi connectivity index (χ0n) is 14.1. The number of nitrogens with one attached hydrogen (secondary N) is 1. The minimum atomic E-state index is -0.460. The Kier molecular flexibility index (Phi) is 5.65. The first-order chi connectivity index (χ1) is 12.6. The molecule has 2 heterocycles. The monoisotopic (exact) mass is 388 g/mol. The van der Waals surface area contributed by atoms with Gasteiger partial charge in [0, 0.05) is 0 Å². The Hall–Kier alpha value is -2.71. The Morgan fingerprint density at radius 1 is 1.15 bits per heavy atom. The van der Waals surface area contributed by atoms with Crippen LogP contribution >= 0.6 is 22.7 Å². The lowest BCUT2D eigenvalue weighted by atomic mass is 10.2. The van der Waals surface area contributed by atoms with E-state index >= 15 is 0 Å². The molecule has 3 aromatic rings. The average Bonchev–Trinajstić information content (AvgIpc) is 3.27. The fraction of sp³-hybridized carbons (Fsp3) is 0.167. The number of aromatic nitrogens is 1. The maximum atomic E-state index is 12.3. The van der Waals surface area contributed by atoms with Crippen LogP contribution in [-0.4, -0.2) is 24.0 Å². The number of anilines is 1. The molecule has 26 heavy (non-hydrogen) atoms. The number of benzene rings is 1. The molecule has 0 radical (unpaired) electrons. The number of thiophene rings is 1. The molecule has 0 bridgehead atoms. The Bertz CT molecular complexity index is 918.